The quantitative estimate of drug-likeness (QED) is 0.515. The Balaban J connectivity index is 2.45. The fourth-order valence-corrected chi connectivity index (χ4v) is 1.88. The molecule has 0 aliphatic heterocycles. The Bertz CT molecular complexity index is 710. The van der Waals surface area contributed by atoms with Crippen LogP contribution in [-0.4, -0.2) is 7.11 Å². The number of rotatable bonds is 2. The van der Waals surface area contributed by atoms with Crippen LogP contribution in [0.15, 0.2) is 49.0 Å². The number of halogens is 1. The van der Waals surface area contributed by atoms with Gasteiger partial charge in [-0.25, -0.2) is 0 Å². The number of methoxy groups -OCH3 is 1. The minimum atomic E-state index is 0.526. The first kappa shape index (κ1) is 14.0. The number of benzene rings is 2. The number of ether oxygens (including phenoxy) is 1. The lowest BCUT2D eigenvalue weighted by molar-refractivity contribution is 0.371. The molecule has 2 N–H and O–H groups in total. The lowest BCUT2D eigenvalue weighted by atomic mass is 10.1. The van der Waals surface area contributed by atoms with Gasteiger partial charge in [-0.2, -0.15) is 0 Å². The van der Waals surface area contributed by atoms with Gasteiger partial charge in [-0.15, -0.1) is 0 Å². The van der Waals surface area contributed by atoms with E-state index in [1.54, 1.807) is 19.2 Å². The van der Waals surface area contributed by atoms with Crippen LogP contribution in [0.5, 0.6) is 0 Å². The topological polar surface area (TPSA) is 35.2 Å². The van der Waals surface area contributed by atoms with Crippen molar-refractivity contribution in [3.8, 4) is 11.8 Å². The molecule has 2 nitrogen and oxygen atoms in total. The summed E-state index contributed by atoms with van der Waals surface area (Å²) in [6.07, 6.45) is 0. The van der Waals surface area contributed by atoms with E-state index in [9.17, 15) is 0 Å². The summed E-state index contributed by atoms with van der Waals surface area (Å²) in [6.45, 7) is 3.84. The van der Waals surface area contributed by atoms with Gasteiger partial charge in [0, 0.05) is 27.4 Å². The Morgan fingerprint density at radius 1 is 1.15 bits per heavy atom. The van der Waals surface area contributed by atoms with Gasteiger partial charge in [-0.3, -0.25) is 0 Å². The van der Waals surface area contributed by atoms with Crippen molar-refractivity contribution in [1.82, 2.24) is 0 Å². The molecular formula is C17H14ClNO. The average molecular weight is 284 g/mol. The molecule has 0 amide bonds. The van der Waals surface area contributed by atoms with Crippen LogP contribution in [0.3, 0.4) is 0 Å². The Morgan fingerprint density at radius 2 is 1.85 bits per heavy atom. The second-order valence-electron chi connectivity index (χ2n) is 4.15. The van der Waals surface area contributed by atoms with Crippen molar-refractivity contribution in [1.29, 1.82) is 0 Å². The molecule has 0 aromatic heterocycles. The Hall–Kier alpha value is -2.37. The third-order valence-electron chi connectivity index (χ3n) is 2.82. The first-order valence-electron chi connectivity index (χ1n) is 6.01. The van der Waals surface area contributed by atoms with Crippen LogP contribution in [-0.2, 0) is 4.74 Å². The van der Waals surface area contributed by atoms with Crippen molar-refractivity contribution >= 4 is 23.0 Å². The van der Waals surface area contributed by atoms with Crippen LogP contribution in [0.1, 0.15) is 16.7 Å². The lowest BCUT2D eigenvalue weighted by Crippen LogP contribution is -1.92. The summed E-state index contributed by atoms with van der Waals surface area (Å²) >= 11 is 6.00. The van der Waals surface area contributed by atoms with Crippen LogP contribution < -0.4 is 5.73 Å². The molecule has 0 atom stereocenters. The fraction of sp³-hybridized carbons (Fsp3) is 0.0588. The van der Waals surface area contributed by atoms with Crippen LogP contribution >= 0.6 is 11.6 Å². The third-order valence-corrected chi connectivity index (χ3v) is 3.06. The van der Waals surface area contributed by atoms with Gasteiger partial charge in [0.1, 0.15) is 5.76 Å². The van der Waals surface area contributed by atoms with Gasteiger partial charge in [0.2, 0.25) is 0 Å². The summed E-state index contributed by atoms with van der Waals surface area (Å²) in [5, 5.41) is 0.614. The van der Waals surface area contributed by atoms with Gasteiger partial charge in [0.05, 0.1) is 7.11 Å². The number of nitrogens with two attached hydrogens (primary N) is 1. The lowest BCUT2D eigenvalue weighted by Gasteiger charge is -2.07. The average Bonchev–Trinajstić information content (AvgIpc) is 2.46. The minimum Gasteiger partial charge on any atom is -0.497 e. The molecule has 0 unspecified atom stereocenters. The normalized spacial score (nSPS) is 9.50. The zero-order chi connectivity index (χ0) is 14.5. The zero-order valence-corrected chi connectivity index (χ0v) is 11.9. The number of para-hydroxylation sites is 1. The predicted octanol–water partition coefficient (Wildman–Crippen LogP) is 3.94. The van der Waals surface area contributed by atoms with Crippen LogP contribution in [0.2, 0.25) is 5.02 Å². The molecule has 100 valence electrons. The van der Waals surface area contributed by atoms with Gasteiger partial charge in [-0.1, -0.05) is 42.2 Å². The minimum absolute atomic E-state index is 0.526. The maximum atomic E-state index is 6.00. The van der Waals surface area contributed by atoms with Crippen LogP contribution in [0.25, 0.3) is 5.76 Å². The van der Waals surface area contributed by atoms with E-state index in [1.165, 1.54) is 0 Å². The van der Waals surface area contributed by atoms with Crippen molar-refractivity contribution in [2.75, 3.05) is 12.8 Å². The Kier molecular flexibility index (Phi) is 4.34. The summed E-state index contributed by atoms with van der Waals surface area (Å²) in [6, 6.07) is 12.9. The highest BCUT2D eigenvalue weighted by atomic mass is 35.5. The highest BCUT2D eigenvalue weighted by Crippen LogP contribution is 2.22. The fourth-order valence-electron chi connectivity index (χ4n) is 1.71. The number of hydrogen-bond acceptors (Lipinski definition) is 2. The van der Waals surface area contributed by atoms with Crippen LogP contribution in [0, 0.1) is 11.8 Å². The van der Waals surface area contributed by atoms with Gasteiger partial charge >= 0.3 is 0 Å². The van der Waals surface area contributed by atoms with Gasteiger partial charge < -0.3 is 10.5 Å². The first-order valence-corrected chi connectivity index (χ1v) is 6.39. The number of anilines is 1. The SMILES string of the molecule is C=C(OC)c1cc(Cl)ccc1C#Cc1ccccc1N. The predicted molar refractivity (Wildman–Crippen MR) is 84.3 cm³/mol. The van der Waals surface area contributed by atoms with E-state index >= 15 is 0 Å². The van der Waals surface area contributed by atoms with E-state index in [0.717, 1.165) is 16.7 Å². The van der Waals surface area contributed by atoms with Crippen molar-refractivity contribution in [3.05, 3.63) is 70.8 Å². The van der Waals surface area contributed by atoms with E-state index in [2.05, 4.69) is 18.4 Å². The summed E-state index contributed by atoms with van der Waals surface area (Å²) in [5.74, 6) is 6.66. The second kappa shape index (κ2) is 6.18. The number of nitrogen functional groups attached to an aromatic ring is 1. The van der Waals surface area contributed by atoms with Crippen molar-refractivity contribution in [2.45, 2.75) is 0 Å². The summed E-state index contributed by atoms with van der Waals surface area (Å²) in [7, 11) is 1.57. The Morgan fingerprint density at radius 3 is 2.55 bits per heavy atom. The van der Waals surface area contributed by atoms with Gasteiger partial charge in [0.25, 0.3) is 0 Å². The molecule has 2 aromatic rings. The molecule has 0 radical (unpaired) electrons. The molecule has 2 aromatic carbocycles. The molecule has 0 aliphatic rings. The third kappa shape index (κ3) is 3.14. The highest BCUT2D eigenvalue weighted by Gasteiger charge is 2.05. The first-order chi connectivity index (χ1) is 9.61. The maximum absolute atomic E-state index is 6.00. The van der Waals surface area contributed by atoms with Crippen molar-refractivity contribution < 1.29 is 4.74 Å². The molecule has 2 rings (SSSR count). The summed E-state index contributed by atoms with van der Waals surface area (Å²) < 4.78 is 5.16. The molecule has 0 saturated heterocycles. The molecule has 0 saturated carbocycles. The molecule has 0 bridgehead atoms. The summed E-state index contributed by atoms with van der Waals surface area (Å²) in [4.78, 5) is 0. The van der Waals surface area contributed by atoms with E-state index in [4.69, 9.17) is 22.1 Å². The maximum Gasteiger partial charge on any atom is 0.120 e. The smallest absolute Gasteiger partial charge is 0.120 e. The molecule has 0 fully saturated rings. The second-order valence-corrected chi connectivity index (χ2v) is 4.59. The van der Waals surface area contributed by atoms with E-state index in [0.29, 0.717) is 16.5 Å². The van der Waals surface area contributed by atoms with E-state index in [1.807, 2.05) is 30.3 Å². The molecule has 20 heavy (non-hydrogen) atoms. The van der Waals surface area contributed by atoms with E-state index < -0.39 is 0 Å². The molecule has 0 aliphatic carbocycles. The molecular weight excluding hydrogens is 270 g/mol. The standard InChI is InChI=1S/C17H14ClNO/c1-12(20-2)16-11-15(18)10-9-13(16)7-8-14-5-3-4-6-17(14)19/h3-6,9-11H,1,19H2,2H3. The van der Waals surface area contributed by atoms with E-state index in [-0.39, 0.29) is 0 Å². The summed E-state index contributed by atoms with van der Waals surface area (Å²) in [5.41, 5.74) is 8.88. The van der Waals surface area contributed by atoms with Crippen LogP contribution in [0.4, 0.5) is 5.69 Å². The number of hydrogen-bond donors (Lipinski definition) is 1. The molecule has 0 heterocycles. The highest BCUT2D eigenvalue weighted by molar-refractivity contribution is 6.30. The largest absolute Gasteiger partial charge is 0.497 e. The Labute approximate surface area is 123 Å². The van der Waals surface area contributed by atoms with Gasteiger partial charge in [-0.05, 0) is 30.3 Å². The van der Waals surface area contributed by atoms with Gasteiger partial charge in [0.15, 0.2) is 0 Å². The molecule has 3 heteroatoms. The monoisotopic (exact) mass is 283 g/mol. The molecule has 0 spiro atoms. The van der Waals surface area contributed by atoms with Crippen molar-refractivity contribution in [3.63, 3.8) is 0 Å². The zero-order valence-electron chi connectivity index (χ0n) is 11.1. The van der Waals surface area contributed by atoms with Crippen molar-refractivity contribution in [2.24, 2.45) is 0 Å².